The fourth-order valence-electron chi connectivity index (χ4n) is 2.25. The van der Waals surface area contributed by atoms with Gasteiger partial charge in [0.2, 0.25) is 0 Å². The van der Waals surface area contributed by atoms with Crippen LogP contribution in [0.15, 0.2) is 66.8 Å². The van der Waals surface area contributed by atoms with Gasteiger partial charge >= 0.3 is 0 Å². The minimum absolute atomic E-state index is 0.878. The molecule has 0 saturated carbocycles. The molecule has 0 saturated heterocycles. The lowest BCUT2D eigenvalue weighted by Gasteiger charge is -2.27. The van der Waals surface area contributed by atoms with Crippen LogP contribution in [-0.2, 0) is 0 Å². The maximum Gasteiger partial charge on any atom is 0.0442 e. The lowest BCUT2D eigenvalue weighted by Crippen LogP contribution is -2.26. The van der Waals surface area contributed by atoms with Crippen LogP contribution in [0.1, 0.15) is 12.5 Å². The average molecular weight is 237 g/mol. The molecule has 0 N–H and O–H groups in total. The third-order valence-electron chi connectivity index (χ3n) is 3.30. The number of allylic oxidation sites excluding steroid dienone is 3. The van der Waals surface area contributed by atoms with Crippen LogP contribution in [0.4, 0.5) is 5.69 Å². The van der Waals surface area contributed by atoms with Crippen molar-refractivity contribution in [3.8, 4) is 0 Å². The molecule has 0 radical (unpaired) electrons. The van der Waals surface area contributed by atoms with Gasteiger partial charge in [0.05, 0.1) is 0 Å². The predicted octanol–water partition coefficient (Wildman–Crippen LogP) is 4.21. The second-order valence-electron chi connectivity index (χ2n) is 4.30. The normalized spacial score (nSPS) is 20.6. The van der Waals surface area contributed by atoms with E-state index < -0.39 is 0 Å². The molecule has 1 aromatic rings. The molecule has 0 amide bonds. The van der Waals surface area contributed by atoms with Gasteiger partial charge in [-0.05, 0) is 29.7 Å². The summed E-state index contributed by atoms with van der Waals surface area (Å²) < 4.78 is 0. The van der Waals surface area contributed by atoms with E-state index in [4.69, 9.17) is 0 Å². The van der Waals surface area contributed by atoms with Crippen LogP contribution < -0.4 is 4.90 Å². The Bertz CT molecular complexity index is 520. The highest BCUT2D eigenvalue weighted by Gasteiger charge is 2.12. The van der Waals surface area contributed by atoms with Crippen molar-refractivity contribution in [2.24, 2.45) is 0 Å². The second kappa shape index (κ2) is 5.54. The fraction of sp³-hybridized carbons (Fsp3) is 0.176. The molecule has 1 aliphatic heterocycles. The van der Waals surface area contributed by atoms with Gasteiger partial charge in [-0.1, -0.05) is 55.7 Å². The van der Waals surface area contributed by atoms with E-state index in [1.807, 2.05) is 12.2 Å². The van der Waals surface area contributed by atoms with Crippen molar-refractivity contribution in [1.82, 2.24) is 0 Å². The van der Waals surface area contributed by atoms with Gasteiger partial charge in [0.25, 0.3) is 0 Å². The predicted molar refractivity (Wildman–Crippen MR) is 80.8 cm³/mol. The number of benzene rings is 1. The van der Waals surface area contributed by atoms with E-state index in [1.54, 1.807) is 0 Å². The largest absolute Gasteiger partial charge is 0.367 e. The standard InChI is InChI=1S/C17H19N/c1-4-14-11-12-16-9-7-8-10-17(16)18(6-3)13-15(14)5-2/h4-5,7-12H,1-2,6,13H2,3H3/b12-11-,15-14-. The molecule has 0 unspecified atom stereocenters. The topological polar surface area (TPSA) is 3.24 Å². The molecule has 18 heavy (non-hydrogen) atoms. The van der Waals surface area contributed by atoms with Crippen molar-refractivity contribution in [2.45, 2.75) is 6.92 Å². The molecule has 1 nitrogen and oxygen atoms in total. The monoisotopic (exact) mass is 237 g/mol. The van der Waals surface area contributed by atoms with Crippen molar-refractivity contribution in [3.05, 3.63) is 72.4 Å². The molecule has 1 aromatic carbocycles. The highest BCUT2D eigenvalue weighted by Crippen LogP contribution is 2.26. The van der Waals surface area contributed by atoms with Gasteiger partial charge in [0.15, 0.2) is 0 Å². The number of rotatable bonds is 3. The summed E-state index contributed by atoms with van der Waals surface area (Å²) in [6, 6.07) is 8.48. The lowest BCUT2D eigenvalue weighted by atomic mass is 10.0. The number of nitrogens with zero attached hydrogens (tertiary/aromatic N) is 1. The SMILES string of the molecule is C=CC1=C(\C=C)CN(CC)c2ccccc2/C=C\1. The van der Waals surface area contributed by atoms with Gasteiger partial charge in [-0.2, -0.15) is 0 Å². The zero-order valence-electron chi connectivity index (χ0n) is 10.9. The van der Waals surface area contributed by atoms with E-state index in [-0.39, 0.29) is 0 Å². The summed E-state index contributed by atoms with van der Waals surface area (Å²) in [6.07, 6.45) is 8.10. The first kappa shape index (κ1) is 12.4. The summed E-state index contributed by atoms with van der Waals surface area (Å²) >= 11 is 0. The van der Waals surface area contributed by atoms with Crippen molar-refractivity contribution in [3.63, 3.8) is 0 Å². The Morgan fingerprint density at radius 1 is 1.17 bits per heavy atom. The Balaban J connectivity index is 2.56. The summed E-state index contributed by atoms with van der Waals surface area (Å²) in [4.78, 5) is 2.36. The molecular formula is C17H19N. The highest BCUT2D eigenvalue weighted by molar-refractivity contribution is 5.71. The summed E-state index contributed by atoms with van der Waals surface area (Å²) in [5.41, 5.74) is 4.90. The number of likely N-dealkylation sites (N-methyl/N-ethyl adjacent to an activating group) is 1. The zero-order valence-corrected chi connectivity index (χ0v) is 10.9. The Hall–Kier alpha value is -2.02. The molecule has 0 aliphatic carbocycles. The molecular weight excluding hydrogens is 218 g/mol. The van der Waals surface area contributed by atoms with Crippen LogP contribution in [0.25, 0.3) is 6.08 Å². The van der Waals surface area contributed by atoms with Gasteiger partial charge in [-0.15, -0.1) is 0 Å². The molecule has 0 aromatic heterocycles. The van der Waals surface area contributed by atoms with E-state index in [1.165, 1.54) is 16.8 Å². The van der Waals surface area contributed by atoms with E-state index in [2.05, 4.69) is 61.4 Å². The lowest BCUT2D eigenvalue weighted by molar-refractivity contribution is 0.884. The van der Waals surface area contributed by atoms with Crippen molar-refractivity contribution >= 4 is 11.8 Å². The summed E-state index contributed by atoms with van der Waals surface area (Å²) in [5.74, 6) is 0. The van der Waals surface area contributed by atoms with Crippen molar-refractivity contribution in [1.29, 1.82) is 0 Å². The van der Waals surface area contributed by atoms with E-state index in [0.717, 1.165) is 18.7 Å². The van der Waals surface area contributed by atoms with Crippen LogP contribution in [0, 0.1) is 0 Å². The molecule has 1 heteroatoms. The third-order valence-corrected chi connectivity index (χ3v) is 3.30. The minimum Gasteiger partial charge on any atom is -0.367 e. The Morgan fingerprint density at radius 3 is 2.61 bits per heavy atom. The van der Waals surface area contributed by atoms with Crippen LogP contribution in [0.2, 0.25) is 0 Å². The van der Waals surface area contributed by atoms with Crippen molar-refractivity contribution < 1.29 is 0 Å². The first-order valence-electron chi connectivity index (χ1n) is 6.30. The smallest absolute Gasteiger partial charge is 0.0442 e. The zero-order chi connectivity index (χ0) is 13.0. The van der Waals surface area contributed by atoms with Crippen LogP contribution >= 0.6 is 0 Å². The Kier molecular flexibility index (Phi) is 3.83. The van der Waals surface area contributed by atoms with Gasteiger partial charge in [-0.25, -0.2) is 0 Å². The number of hydrogen-bond acceptors (Lipinski definition) is 1. The fourth-order valence-corrected chi connectivity index (χ4v) is 2.25. The molecule has 92 valence electrons. The van der Waals surface area contributed by atoms with Crippen LogP contribution in [-0.4, -0.2) is 13.1 Å². The maximum absolute atomic E-state index is 3.91. The van der Waals surface area contributed by atoms with Gasteiger partial charge in [-0.3, -0.25) is 0 Å². The summed E-state index contributed by atoms with van der Waals surface area (Å²) in [7, 11) is 0. The van der Waals surface area contributed by atoms with Gasteiger partial charge in [0.1, 0.15) is 0 Å². The molecule has 0 atom stereocenters. The van der Waals surface area contributed by atoms with E-state index >= 15 is 0 Å². The average Bonchev–Trinajstić information content (AvgIpc) is 2.40. The first-order valence-corrected chi connectivity index (χ1v) is 6.30. The molecule has 0 fully saturated rings. The Morgan fingerprint density at radius 2 is 1.94 bits per heavy atom. The van der Waals surface area contributed by atoms with Crippen LogP contribution in [0.3, 0.4) is 0 Å². The summed E-state index contributed by atoms with van der Waals surface area (Å²) in [5, 5.41) is 0. The number of para-hydroxylation sites is 1. The van der Waals surface area contributed by atoms with Crippen LogP contribution in [0.5, 0.6) is 0 Å². The minimum atomic E-state index is 0.878. The first-order chi connectivity index (χ1) is 8.80. The molecule has 2 rings (SSSR count). The van der Waals surface area contributed by atoms with Crippen molar-refractivity contribution in [2.75, 3.05) is 18.0 Å². The molecule has 1 heterocycles. The van der Waals surface area contributed by atoms with Gasteiger partial charge < -0.3 is 4.90 Å². The molecule has 0 spiro atoms. The highest BCUT2D eigenvalue weighted by atomic mass is 15.1. The Labute approximate surface area is 109 Å². The third kappa shape index (κ3) is 2.30. The van der Waals surface area contributed by atoms with E-state index in [0.29, 0.717) is 0 Å². The molecule has 0 bridgehead atoms. The van der Waals surface area contributed by atoms with Gasteiger partial charge in [0, 0.05) is 18.8 Å². The van der Waals surface area contributed by atoms with E-state index in [9.17, 15) is 0 Å². The number of anilines is 1. The maximum atomic E-state index is 3.91. The number of hydrogen-bond donors (Lipinski definition) is 0. The molecule has 1 aliphatic rings. The second-order valence-corrected chi connectivity index (χ2v) is 4.30. The summed E-state index contributed by atoms with van der Waals surface area (Å²) in [6.45, 7) is 11.8. The number of fused-ring (bicyclic) bond motifs is 1. The quantitative estimate of drug-likeness (QED) is 0.761.